The number of rotatable bonds is 3. The molecule has 0 N–H and O–H groups in total. The molecule has 0 saturated carbocycles. The Hall–Kier alpha value is -3.72. The maximum Gasteiger partial charge on any atom is 0.271 e. The lowest BCUT2D eigenvalue weighted by Gasteiger charge is -2.35. The van der Waals surface area contributed by atoms with Crippen molar-refractivity contribution in [2.45, 2.75) is 32.7 Å². The van der Waals surface area contributed by atoms with Crippen LogP contribution in [0.3, 0.4) is 0 Å². The van der Waals surface area contributed by atoms with Crippen LogP contribution in [0, 0.1) is 21.3 Å². The van der Waals surface area contributed by atoms with E-state index < -0.39 is 22.3 Å². The summed E-state index contributed by atoms with van der Waals surface area (Å²) in [6, 6.07) is 11.3. The molecule has 0 fully saturated rings. The maximum atomic E-state index is 14.3. The third kappa shape index (κ3) is 3.71. The van der Waals surface area contributed by atoms with Gasteiger partial charge >= 0.3 is 0 Å². The molecule has 7 nitrogen and oxygen atoms in total. The van der Waals surface area contributed by atoms with Crippen LogP contribution in [0.5, 0.6) is 0 Å². The molecule has 2 heterocycles. The predicted molar refractivity (Wildman–Crippen MR) is 126 cm³/mol. The van der Waals surface area contributed by atoms with Gasteiger partial charge in [0.2, 0.25) is 0 Å². The molecular formula is C25H20FN3O4S. The fraction of sp³-hybridized carbons (Fsp3) is 0.240. The van der Waals surface area contributed by atoms with E-state index in [1.54, 1.807) is 30.3 Å². The predicted octanol–water partition coefficient (Wildman–Crippen LogP) is 3.65. The van der Waals surface area contributed by atoms with Crippen LogP contribution >= 0.6 is 11.3 Å². The van der Waals surface area contributed by atoms with Crippen LogP contribution in [0.2, 0.25) is 0 Å². The Bertz CT molecular complexity index is 1580. The van der Waals surface area contributed by atoms with Crippen molar-refractivity contribution in [3.8, 4) is 0 Å². The van der Waals surface area contributed by atoms with Gasteiger partial charge in [-0.2, -0.15) is 0 Å². The van der Waals surface area contributed by atoms with Gasteiger partial charge in [0.15, 0.2) is 10.6 Å². The summed E-state index contributed by atoms with van der Waals surface area (Å²) in [6.07, 6.45) is 2.30. The molecule has 9 heteroatoms. The average molecular weight is 478 g/mol. The number of ketones is 1. The highest BCUT2D eigenvalue weighted by Gasteiger charge is 2.40. The normalized spacial score (nSPS) is 19.4. The molecule has 2 aliphatic rings. The smallest absolute Gasteiger partial charge is 0.271 e. The summed E-state index contributed by atoms with van der Waals surface area (Å²) < 4.78 is 15.9. The first-order valence-electron chi connectivity index (χ1n) is 10.7. The van der Waals surface area contributed by atoms with Crippen molar-refractivity contribution in [1.82, 2.24) is 4.57 Å². The van der Waals surface area contributed by atoms with Gasteiger partial charge in [0, 0.05) is 29.7 Å². The highest BCUT2D eigenvalue weighted by molar-refractivity contribution is 7.07. The van der Waals surface area contributed by atoms with E-state index in [9.17, 15) is 24.1 Å². The Morgan fingerprint density at radius 2 is 1.94 bits per heavy atom. The maximum absolute atomic E-state index is 14.3. The standard InChI is InChI=1S/C25H20FN3O4S/c1-25(2)12-18-21(19(30)13-25)22(15-7-5-8-16(10-15)29(32)33)28-23(31)20(34-24(28)27-18)11-14-6-3-4-9-17(14)26/h3-11,22H,12-13H2,1-2H3. The molecule has 1 aliphatic heterocycles. The molecule has 0 amide bonds. The summed E-state index contributed by atoms with van der Waals surface area (Å²) >= 11 is 1.11. The molecule has 0 spiro atoms. The molecule has 5 rings (SSSR count). The van der Waals surface area contributed by atoms with Crippen molar-refractivity contribution in [3.05, 3.63) is 107 Å². The molecule has 172 valence electrons. The number of carbonyl (C=O) groups is 1. The van der Waals surface area contributed by atoms with Gasteiger partial charge in [0.05, 0.1) is 21.2 Å². The fourth-order valence-corrected chi connectivity index (χ4v) is 5.62. The minimum Gasteiger partial charge on any atom is -0.294 e. The van der Waals surface area contributed by atoms with E-state index >= 15 is 0 Å². The summed E-state index contributed by atoms with van der Waals surface area (Å²) in [7, 11) is 0. The largest absolute Gasteiger partial charge is 0.294 e. The van der Waals surface area contributed by atoms with Gasteiger partial charge in [-0.3, -0.25) is 24.3 Å². The van der Waals surface area contributed by atoms with Crippen LogP contribution in [0.25, 0.3) is 6.08 Å². The third-order valence-corrected chi connectivity index (χ3v) is 7.07. The van der Waals surface area contributed by atoms with Gasteiger partial charge < -0.3 is 0 Å². The van der Waals surface area contributed by atoms with Crippen molar-refractivity contribution in [1.29, 1.82) is 0 Å². The number of carbonyl (C=O) groups excluding carboxylic acids is 1. The molecule has 1 aliphatic carbocycles. The minimum atomic E-state index is -0.836. The van der Waals surface area contributed by atoms with Crippen molar-refractivity contribution in [3.63, 3.8) is 0 Å². The molecule has 0 radical (unpaired) electrons. The van der Waals surface area contributed by atoms with Gasteiger partial charge in [-0.05, 0) is 29.5 Å². The van der Waals surface area contributed by atoms with E-state index in [1.165, 1.54) is 28.8 Å². The topological polar surface area (TPSA) is 94.6 Å². The van der Waals surface area contributed by atoms with Gasteiger partial charge in [-0.15, -0.1) is 0 Å². The third-order valence-electron chi connectivity index (χ3n) is 6.08. The second-order valence-corrected chi connectivity index (χ2v) is 10.3. The second-order valence-electron chi connectivity index (χ2n) is 9.26. The zero-order valence-electron chi connectivity index (χ0n) is 18.4. The molecule has 34 heavy (non-hydrogen) atoms. The fourth-order valence-electron chi connectivity index (χ4n) is 4.61. The van der Waals surface area contributed by atoms with E-state index in [1.807, 2.05) is 13.8 Å². The van der Waals surface area contributed by atoms with Crippen molar-refractivity contribution in [2.24, 2.45) is 10.4 Å². The number of non-ortho nitro benzene ring substituents is 1. The van der Waals surface area contributed by atoms with Crippen LogP contribution in [0.1, 0.15) is 43.9 Å². The quantitative estimate of drug-likeness (QED) is 0.425. The number of nitro benzene ring substituents is 1. The summed E-state index contributed by atoms with van der Waals surface area (Å²) in [4.78, 5) is 42.8. The van der Waals surface area contributed by atoms with Crippen LogP contribution in [0.4, 0.5) is 10.1 Å². The van der Waals surface area contributed by atoms with Crippen LogP contribution in [-0.2, 0) is 4.79 Å². The van der Waals surface area contributed by atoms with Gasteiger partial charge in [-0.1, -0.05) is 55.5 Å². The van der Waals surface area contributed by atoms with Crippen LogP contribution < -0.4 is 14.9 Å². The first-order chi connectivity index (χ1) is 16.1. The Morgan fingerprint density at radius 3 is 2.68 bits per heavy atom. The summed E-state index contributed by atoms with van der Waals surface area (Å²) in [5, 5.41) is 11.4. The van der Waals surface area contributed by atoms with E-state index in [2.05, 4.69) is 4.99 Å². The highest BCUT2D eigenvalue weighted by Crippen LogP contribution is 2.43. The Balaban J connectivity index is 1.80. The number of hydrogen-bond acceptors (Lipinski definition) is 6. The number of fused-ring (bicyclic) bond motifs is 1. The molecular weight excluding hydrogens is 457 g/mol. The molecule has 1 atom stereocenters. The van der Waals surface area contributed by atoms with Crippen molar-refractivity contribution in [2.75, 3.05) is 0 Å². The number of hydrogen-bond donors (Lipinski definition) is 0. The van der Waals surface area contributed by atoms with E-state index in [0.29, 0.717) is 28.1 Å². The van der Waals surface area contributed by atoms with Crippen molar-refractivity contribution >= 4 is 28.9 Å². The van der Waals surface area contributed by atoms with Gasteiger partial charge in [0.1, 0.15) is 5.82 Å². The lowest BCUT2D eigenvalue weighted by atomic mass is 9.73. The first-order valence-corrected chi connectivity index (χ1v) is 11.5. The lowest BCUT2D eigenvalue weighted by molar-refractivity contribution is -0.384. The molecule has 0 saturated heterocycles. The Kier molecular flexibility index (Phi) is 5.16. The van der Waals surface area contributed by atoms with Crippen molar-refractivity contribution < 1.29 is 14.1 Å². The Morgan fingerprint density at radius 1 is 1.18 bits per heavy atom. The Labute approximate surface area is 197 Å². The van der Waals surface area contributed by atoms with E-state index in [4.69, 9.17) is 0 Å². The number of nitro groups is 1. The monoisotopic (exact) mass is 477 g/mol. The van der Waals surface area contributed by atoms with Crippen LogP contribution in [0.15, 0.2) is 69.6 Å². The molecule has 2 aromatic carbocycles. The van der Waals surface area contributed by atoms with Gasteiger partial charge in [-0.25, -0.2) is 9.38 Å². The molecule has 3 aromatic rings. The highest BCUT2D eigenvalue weighted by atomic mass is 32.1. The second kappa shape index (κ2) is 7.95. The zero-order valence-corrected chi connectivity index (χ0v) is 19.3. The first kappa shape index (κ1) is 22.1. The van der Waals surface area contributed by atoms with E-state index in [-0.39, 0.29) is 33.4 Å². The molecule has 0 bridgehead atoms. The molecule has 1 aromatic heterocycles. The number of thiazole rings is 1. The van der Waals surface area contributed by atoms with Gasteiger partial charge in [0.25, 0.3) is 11.2 Å². The number of halogens is 1. The summed E-state index contributed by atoms with van der Waals surface area (Å²) in [6.45, 7) is 3.97. The van der Waals surface area contributed by atoms with E-state index in [0.717, 1.165) is 11.3 Å². The number of benzene rings is 2. The zero-order chi connectivity index (χ0) is 24.2. The average Bonchev–Trinajstić information content (AvgIpc) is 3.08. The number of allylic oxidation sites excluding steroid dienone is 2. The number of nitrogens with zero attached hydrogens (tertiary/aromatic N) is 3. The lowest BCUT2D eigenvalue weighted by Crippen LogP contribution is -2.42. The number of aromatic nitrogens is 1. The molecule has 1 unspecified atom stereocenters. The SMILES string of the molecule is CC1(C)CC(=O)C2=C(C1)N=c1sc(=Cc3ccccc3F)c(=O)n1C2c1cccc([N+](=O)[O-])c1. The number of Topliss-reactive ketones (excluding diaryl/α,β-unsaturated/α-hetero) is 1. The summed E-state index contributed by atoms with van der Waals surface area (Å²) in [5.74, 6) is -0.588. The minimum absolute atomic E-state index is 0.130. The summed E-state index contributed by atoms with van der Waals surface area (Å²) in [5.41, 5.74) is 0.862. The van der Waals surface area contributed by atoms with Crippen LogP contribution in [-0.4, -0.2) is 15.3 Å².